The molecular weight excluding hydrogens is 236 g/mol. The third-order valence-corrected chi connectivity index (χ3v) is 4.75. The molecule has 0 bridgehead atoms. The zero-order valence-electron chi connectivity index (χ0n) is 13.5. The number of methoxy groups -OCH3 is 1. The minimum Gasteiger partial charge on any atom is -0.377 e. The van der Waals surface area contributed by atoms with E-state index in [1.54, 1.807) is 0 Å². The maximum absolute atomic E-state index is 5.97. The fourth-order valence-electron chi connectivity index (χ4n) is 3.93. The van der Waals surface area contributed by atoms with Gasteiger partial charge in [0.25, 0.3) is 0 Å². The molecule has 3 N–H and O–H groups in total. The van der Waals surface area contributed by atoms with Gasteiger partial charge in [-0.15, -0.1) is 0 Å². The Morgan fingerprint density at radius 1 is 1.32 bits per heavy atom. The van der Waals surface area contributed by atoms with Gasteiger partial charge in [-0.1, -0.05) is 40.5 Å². The highest BCUT2D eigenvalue weighted by Crippen LogP contribution is 2.39. The Labute approximate surface area is 119 Å². The molecule has 0 aliphatic heterocycles. The Morgan fingerprint density at radius 3 is 2.47 bits per heavy atom. The summed E-state index contributed by atoms with van der Waals surface area (Å²) >= 11 is 0. The molecule has 3 heteroatoms. The highest BCUT2D eigenvalue weighted by atomic mass is 16.5. The largest absolute Gasteiger partial charge is 0.377 e. The van der Waals surface area contributed by atoms with Crippen molar-refractivity contribution < 1.29 is 4.74 Å². The van der Waals surface area contributed by atoms with E-state index in [1.807, 2.05) is 7.11 Å². The van der Waals surface area contributed by atoms with E-state index in [0.29, 0.717) is 5.92 Å². The normalized spacial score (nSPS) is 31.4. The van der Waals surface area contributed by atoms with Crippen LogP contribution in [0.4, 0.5) is 0 Å². The standard InChI is InChI=1S/C16H34N2O/c1-12(2)9-14(4)10-15(18-17)16(19-5)8-6-7-13(3)11-16/h12-15,18H,6-11,17H2,1-5H3. The Kier molecular flexibility index (Phi) is 6.78. The molecule has 1 aliphatic carbocycles. The Balaban J connectivity index is 2.69. The van der Waals surface area contributed by atoms with E-state index in [9.17, 15) is 0 Å². The number of rotatable bonds is 7. The lowest BCUT2D eigenvalue weighted by Gasteiger charge is -2.45. The summed E-state index contributed by atoms with van der Waals surface area (Å²) in [6.07, 6.45) is 7.21. The van der Waals surface area contributed by atoms with Crippen molar-refractivity contribution in [2.45, 2.75) is 77.9 Å². The molecule has 1 saturated carbocycles. The summed E-state index contributed by atoms with van der Waals surface area (Å²) in [5, 5.41) is 0. The molecule has 0 aromatic rings. The van der Waals surface area contributed by atoms with Crippen molar-refractivity contribution in [2.24, 2.45) is 23.6 Å². The van der Waals surface area contributed by atoms with Crippen molar-refractivity contribution in [3.63, 3.8) is 0 Å². The molecule has 0 amide bonds. The van der Waals surface area contributed by atoms with Crippen LogP contribution in [0.15, 0.2) is 0 Å². The summed E-state index contributed by atoms with van der Waals surface area (Å²) in [5.74, 6) is 8.03. The first-order chi connectivity index (χ1) is 8.93. The summed E-state index contributed by atoms with van der Waals surface area (Å²) in [4.78, 5) is 0. The topological polar surface area (TPSA) is 47.3 Å². The summed E-state index contributed by atoms with van der Waals surface area (Å²) in [6.45, 7) is 9.24. The van der Waals surface area contributed by atoms with Crippen LogP contribution in [0.25, 0.3) is 0 Å². The summed E-state index contributed by atoms with van der Waals surface area (Å²) < 4.78 is 5.97. The van der Waals surface area contributed by atoms with Crippen molar-refractivity contribution in [3.05, 3.63) is 0 Å². The van der Waals surface area contributed by atoms with Crippen LogP contribution < -0.4 is 11.3 Å². The van der Waals surface area contributed by atoms with Gasteiger partial charge in [-0.3, -0.25) is 11.3 Å². The number of hydrazine groups is 1. The van der Waals surface area contributed by atoms with Gasteiger partial charge in [0.05, 0.1) is 11.6 Å². The number of hydrogen-bond donors (Lipinski definition) is 2. The predicted molar refractivity (Wildman–Crippen MR) is 81.7 cm³/mol. The van der Waals surface area contributed by atoms with Gasteiger partial charge in [0.2, 0.25) is 0 Å². The molecule has 1 aliphatic rings. The smallest absolute Gasteiger partial charge is 0.0847 e. The maximum atomic E-state index is 5.97. The summed E-state index contributed by atoms with van der Waals surface area (Å²) in [6, 6.07) is 0.272. The Hall–Kier alpha value is -0.120. The second kappa shape index (κ2) is 7.61. The average Bonchev–Trinajstić information content (AvgIpc) is 2.34. The molecule has 0 heterocycles. The molecule has 0 saturated heterocycles. The molecular formula is C16H34N2O. The zero-order valence-corrected chi connectivity index (χ0v) is 13.5. The van der Waals surface area contributed by atoms with E-state index in [0.717, 1.165) is 31.1 Å². The lowest BCUT2D eigenvalue weighted by Crippen LogP contribution is -2.57. The number of nitrogens with two attached hydrogens (primary N) is 1. The molecule has 3 nitrogen and oxygen atoms in total. The molecule has 19 heavy (non-hydrogen) atoms. The highest BCUT2D eigenvalue weighted by Gasteiger charge is 2.42. The van der Waals surface area contributed by atoms with Crippen LogP contribution in [0.3, 0.4) is 0 Å². The van der Waals surface area contributed by atoms with Crippen molar-refractivity contribution in [3.8, 4) is 0 Å². The first-order valence-electron chi connectivity index (χ1n) is 7.94. The monoisotopic (exact) mass is 270 g/mol. The molecule has 0 aromatic heterocycles. The first kappa shape index (κ1) is 16.9. The SMILES string of the molecule is COC1(C(CC(C)CC(C)C)NN)CCCC(C)C1. The second-order valence-corrected chi connectivity index (χ2v) is 7.16. The van der Waals surface area contributed by atoms with Crippen LogP contribution in [0.1, 0.15) is 66.2 Å². The van der Waals surface area contributed by atoms with Crippen LogP contribution in [0, 0.1) is 17.8 Å². The van der Waals surface area contributed by atoms with Gasteiger partial charge in [-0.2, -0.15) is 0 Å². The third kappa shape index (κ3) is 4.73. The van der Waals surface area contributed by atoms with Crippen molar-refractivity contribution in [2.75, 3.05) is 7.11 Å². The van der Waals surface area contributed by atoms with E-state index in [-0.39, 0.29) is 11.6 Å². The first-order valence-corrected chi connectivity index (χ1v) is 7.94. The van der Waals surface area contributed by atoms with E-state index in [1.165, 1.54) is 19.3 Å². The highest BCUT2D eigenvalue weighted by molar-refractivity contribution is 4.96. The minimum atomic E-state index is -0.0579. The molecule has 114 valence electrons. The Bertz CT molecular complexity index is 257. The van der Waals surface area contributed by atoms with Gasteiger partial charge in [-0.25, -0.2) is 0 Å². The number of ether oxygens (including phenoxy) is 1. The Morgan fingerprint density at radius 2 is 2.00 bits per heavy atom. The fraction of sp³-hybridized carbons (Fsp3) is 1.00. The second-order valence-electron chi connectivity index (χ2n) is 7.16. The van der Waals surface area contributed by atoms with Gasteiger partial charge in [0.15, 0.2) is 0 Å². The van der Waals surface area contributed by atoms with E-state index >= 15 is 0 Å². The predicted octanol–water partition coefficient (Wildman–Crippen LogP) is 3.49. The van der Waals surface area contributed by atoms with Gasteiger partial charge in [0, 0.05) is 7.11 Å². The average molecular weight is 270 g/mol. The molecule has 4 unspecified atom stereocenters. The molecule has 0 aromatic carbocycles. The van der Waals surface area contributed by atoms with Crippen LogP contribution >= 0.6 is 0 Å². The van der Waals surface area contributed by atoms with E-state index in [2.05, 4.69) is 33.1 Å². The van der Waals surface area contributed by atoms with E-state index in [4.69, 9.17) is 10.6 Å². The summed E-state index contributed by atoms with van der Waals surface area (Å²) in [7, 11) is 1.86. The molecule has 0 radical (unpaired) electrons. The van der Waals surface area contributed by atoms with Crippen molar-refractivity contribution >= 4 is 0 Å². The third-order valence-electron chi connectivity index (χ3n) is 4.75. The van der Waals surface area contributed by atoms with Gasteiger partial charge >= 0.3 is 0 Å². The number of nitrogens with one attached hydrogen (secondary N) is 1. The lowest BCUT2D eigenvalue weighted by atomic mass is 9.72. The van der Waals surface area contributed by atoms with Gasteiger partial charge in [0.1, 0.15) is 0 Å². The maximum Gasteiger partial charge on any atom is 0.0847 e. The fourth-order valence-corrected chi connectivity index (χ4v) is 3.93. The van der Waals surface area contributed by atoms with Crippen LogP contribution in [-0.2, 0) is 4.74 Å². The number of hydrogen-bond acceptors (Lipinski definition) is 3. The zero-order chi connectivity index (χ0) is 14.5. The van der Waals surface area contributed by atoms with Crippen LogP contribution in [0.2, 0.25) is 0 Å². The van der Waals surface area contributed by atoms with Crippen LogP contribution in [0.5, 0.6) is 0 Å². The van der Waals surface area contributed by atoms with Gasteiger partial charge in [-0.05, 0) is 43.4 Å². The lowest BCUT2D eigenvalue weighted by molar-refractivity contribution is -0.0840. The van der Waals surface area contributed by atoms with E-state index < -0.39 is 0 Å². The molecule has 0 spiro atoms. The van der Waals surface area contributed by atoms with Gasteiger partial charge < -0.3 is 4.74 Å². The van der Waals surface area contributed by atoms with Crippen LogP contribution in [-0.4, -0.2) is 18.8 Å². The molecule has 1 fully saturated rings. The minimum absolute atomic E-state index is 0.0579. The molecule has 4 atom stereocenters. The quantitative estimate of drug-likeness (QED) is 0.550. The molecule has 1 rings (SSSR count). The van der Waals surface area contributed by atoms with Crippen molar-refractivity contribution in [1.29, 1.82) is 0 Å². The summed E-state index contributed by atoms with van der Waals surface area (Å²) in [5.41, 5.74) is 3.01. The van der Waals surface area contributed by atoms with Crippen molar-refractivity contribution in [1.82, 2.24) is 5.43 Å².